The topological polar surface area (TPSA) is 126 Å². The summed E-state index contributed by atoms with van der Waals surface area (Å²) in [6.07, 6.45) is 2.60. The second kappa shape index (κ2) is 21.8. The SMILES string of the molecule is COc1cc(OC)cc(C(=O)C(=O)c2cc(Oc3cc(Br)cc(CCc4cc(OC)c(OC)c(OC)c4)c3)cc(Oc3cc(Br)cc(CCc4cc(OC)c(OC)c(OC)c4)c3)c2)c1. The van der Waals surface area contributed by atoms with Gasteiger partial charge in [-0.25, -0.2) is 0 Å². The van der Waals surface area contributed by atoms with Crippen molar-refractivity contribution >= 4 is 43.4 Å². The van der Waals surface area contributed by atoms with Crippen molar-refractivity contribution in [1.82, 2.24) is 0 Å². The lowest BCUT2D eigenvalue weighted by Gasteiger charge is -2.15. The Hall–Kier alpha value is -6.38. The average Bonchev–Trinajstić information content (AvgIpc) is 3.30. The van der Waals surface area contributed by atoms with Crippen LogP contribution in [0, 0.1) is 0 Å². The van der Waals surface area contributed by atoms with Gasteiger partial charge < -0.3 is 47.4 Å². The summed E-state index contributed by atoms with van der Waals surface area (Å²) >= 11 is 7.28. The smallest absolute Gasteiger partial charge is 0.233 e. The number of hydrogen-bond acceptors (Lipinski definition) is 12. The fourth-order valence-corrected chi connectivity index (χ4v) is 8.12. The van der Waals surface area contributed by atoms with Crippen LogP contribution in [0.4, 0.5) is 0 Å². The van der Waals surface area contributed by atoms with Crippen LogP contribution in [0.3, 0.4) is 0 Å². The maximum Gasteiger partial charge on any atom is 0.233 e. The van der Waals surface area contributed by atoms with Crippen LogP contribution >= 0.6 is 31.9 Å². The first-order chi connectivity index (χ1) is 30.9. The minimum absolute atomic E-state index is 0.0505. The minimum Gasteiger partial charge on any atom is -0.497 e. The Balaban J connectivity index is 1.31. The van der Waals surface area contributed by atoms with Crippen molar-refractivity contribution in [1.29, 1.82) is 0 Å². The number of ether oxygens (including phenoxy) is 10. The summed E-state index contributed by atoms with van der Waals surface area (Å²) in [4.78, 5) is 27.9. The molecule has 334 valence electrons. The van der Waals surface area contributed by atoms with Crippen LogP contribution in [0.1, 0.15) is 43.0 Å². The molecule has 0 aliphatic carbocycles. The summed E-state index contributed by atoms with van der Waals surface area (Å²) in [5, 5.41) is 0. The predicted molar refractivity (Wildman–Crippen MR) is 250 cm³/mol. The van der Waals surface area contributed by atoms with Gasteiger partial charge in [-0.05, 0) is 133 Å². The van der Waals surface area contributed by atoms with Gasteiger partial charge in [-0.2, -0.15) is 0 Å². The number of benzene rings is 6. The summed E-state index contributed by atoms with van der Waals surface area (Å²) in [6.45, 7) is 0. The van der Waals surface area contributed by atoms with Gasteiger partial charge in [0.1, 0.15) is 34.5 Å². The van der Waals surface area contributed by atoms with Crippen LogP contribution in [0.2, 0.25) is 0 Å². The highest BCUT2D eigenvalue weighted by atomic mass is 79.9. The maximum atomic E-state index is 14.1. The Labute approximate surface area is 389 Å². The largest absolute Gasteiger partial charge is 0.497 e. The van der Waals surface area contributed by atoms with Gasteiger partial charge in [-0.3, -0.25) is 9.59 Å². The number of halogens is 2. The molecule has 0 saturated heterocycles. The summed E-state index contributed by atoms with van der Waals surface area (Å²) < 4.78 is 58.4. The molecule has 0 atom stereocenters. The van der Waals surface area contributed by atoms with E-state index >= 15 is 0 Å². The number of rotatable bonds is 21. The molecule has 0 heterocycles. The molecular formula is C50H48Br2O12. The molecule has 0 aliphatic rings. The number of methoxy groups -OCH3 is 8. The molecule has 0 unspecified atom stereocenters. The fourth-order valence-electron chi connectivity index (χ4n) is 7.08. The zero-order chi connectivity index (χ0) is 45.9. The molecule has 0 saturated carbocycles. The van der Waals surface area contributed by atoms with Crippen LogP contribution in [-0.2, 0) is 25.7 Å². The molecule has 12 nitrogen and oxygen atoms in total. The summed E-state index contributed by atoms with van der Waals surface area (Å²) in [5.41, 5.74) is 4.06. The average molecular weight is 1000 g/mol. The third-order valence-electron chi connectivity index (χ3n) is 10.1. The standard InChI is InChI=1S/C50H48Br2O12/c1-55-37-21-33(22-38(27-37)56-2)47(53)48(54)34-23-41(63-39-15-29(13-35(51)25-39)9-11-31-17-43(57-3)49(61-7)44(18-31)58-4)28-42(24-34)64-40-16-30(14-36(52)26-40)10-12-32-19-45(59-5)50(62-8)46(20-32)60-6/h13-28H,9-12H2,1-8H3. The molecule has 6 rings (SSSR count). The molecule has 14 heteroatoms. The Morgan fingerprint density at radius 3 is 0.953 bits per heavy atom. The lowest BCUT2D eigenvalue weighted by molar-refractivity contribution is 0.0816. The van der Waals surface area contributed by atoms with E-state index in [2.05, 4.69) is 31.9 Å². The van der Waals surface area contributed by atoms with E-state index in [9.17, 15) is 9.59 Å². The second-order valence-corrected chi connectivity index (χ2v) is 16.1. The van der Waals surface area contributed by atoms with Crippen molar-refractivity contribution < 1.29 is 57.0 Å². The lowest BCUT2D eigenvalue weighted by atomic mass is 10.0. The van der Waals surface area contributed by atoms with Gasteiger partial charge in [-0.15, -0.1) is 0 Å². The third kappa shape index (κ3) is 11.6. The Morgan fingerprint density at radius 1 is 0.344 bits per heavy atom. The zero-order valence-electron chi connectivity index (χ0n) is 36.7. The summed E-state index contributed by atoms with van der Waals surface area (Å²) in [5.74, 6) is 4.01. The second-order valence-electron chi connectivity index (χ2n) is 14.3. The lowest BCUT2D eigenvalue weighted by Crippen LogP contribution is -2.15. The third-order valence-corrected chi connectivity index (χ3v) is 11.1. The molecule has 0 aliphatic heterocycles. The monoisotopic (exact) mass is 998 g/mol. The molecule has 6 aromatic carbocycles. The van der Waals surface area contributed by atoms with Gasteiger partial charge in [0.05, 0.1) is 56.9 Å². The number of ketones is 2. The highest BCUT2D eigenvalue weighted by Gasteiger charge is 2.23. The van der Waals surface area contributed by atoms with Gasteiger partial charge >= 0.3 is 0 Å². The van der Waals surface area contributed by atoms with E-state index in [1.807, 2.05) is 60.7 Å². The van der Waals surface area contributed by atoms with Crippen molar-refractivity contribution in [2.75, 3.05) is 56.9 Å². The van der Waals surface area contributed by atoms with Gasteiger partial charge in [0, 0.05) is 32.2 Å². The molecule has 64 heavy (non-hydrogen) atoms. The number of aryl methyl sites for hydroxylation is 4. The van der Waals surface area contributed by atoms with Gasteiger partial charge in [0.25, 0.3) is 0 Å². The van der Waals surface area contributed by atoms with E-state index in [1.165, 1.54) is 38.5 Å². The molecule has 6 aromatic rings. The number of carbonyl (C=O) groups excluding carboxylic acids is 2. The van der Waals surface area contributed by atoms with Crippen LogP contribution in [-0.4, -0.2) is 68.4 Å². The molecular weight excluding hydrogens is 952 g/mol. The van der Waals surface area contributed by atoms with Crippen LogP contribution in [0.5, 0.6) is 69.0 Å². The van der Waals surface area contributed by atoms with Crippen molar-refractivity contribution in [3.05, 3.63) is 139 Å². The Kier molecular flexibility index (Phi) is 16.1. The molecule has 0 amide bonds. The van der Waals surface area contributed by atoms with E-state index in [4.69, 9.17) is 47.4 Å². The van der Waals surface area contributed by atoms with E-state index in [0.29, 0.717) is 83.2 Å². The number of Topliss-reactive ketones (excluding diaryl/α,β-unsaturated/α-hetero) is 2. The first-order valence-electron chi connectivity index (χ1n) is 19.9. The van der Waals surface area contributed by atoms with Gasteiger partial charge in [0.15, 0.2) is 23.0 Å². The maximum absolute atomic E-state index is 14.1. The van der Waals surface area contributed by atoms with Crippen molar-refractivity contribution in [2.24, 2.45) is 0 Å². The molecule has 0 fully saturated rings. The highest BCUT2D eigenvalue weighted by molar-refractivity contribution is 9.10. The predicted octanol–water partition coefficient (Wildman–Crippen LogP) is 11.5. The van der Waals surface area contributed by atoms with E-state index in [-0.39, 0.29) is 22.6 Å². The fraction of sp³-hybridized carbons (Fsp3) is 0.240. The Bertz CT molecular complexity index is 2430. The van der Waals surface area contributed by atoms with Crippen molar-refractivity contribution in [3.63, 3.8) is 0 Å². The van der Waals surface area contributed by atoms with E-state index < -0.39 is 11.6 Å². The Morgan fingerprint density at radius 2 is 0.641 bits per heavy atom. The van der Waals surface area contributed by atoms with Crippen LogP contribution < -0.4 is 47.4 Å². The summed E-state index contributed by atoms with van der Waals surface area (Å²) in [7, 11) is 12.4. The quantitative estimate of drug-likeness (QED) is 0.0503. The highest BCUT2D eigenvalue weighted by Crippen LogP contribution is 2.41. The number of hydrogen-bond donors (Lipinski definition) is 0. The van der Waals surface area contributed by atoms with E-state index in [1.54, 1.807) is 54.8 Å². The summed E-state index contributed by atoms with van der Waals surface area (Å²) in [6, 6.07) is 28.5. The van der Waals surface area contributed by atoms with Gasteiger partial charge in [-0.1, -0.05) is 31.9 Å². The van der Waals surface area contributed by atoms with Crippen molar-refractivity contribution in [3.8, 4) is 69.0 Å². The van der Waals surface area contributed by atoms with Crippen molar-refractivity contribution in [2.45, 2.75) is 25.7 Å². The molecule has 0 radical (unpaired) electrons. The molecule has 0 N–H and O–H groups in total. The normalized spacial score (nSPS) is 10.7. The first kappa shape index (κ1) is 47.1. The van der Waals surface area contributed by atoms with Crippen LogP contribution in [0.25, 0.3) is 0 Å². The molecule has 0 bridgehead atoms. The minimum atomic E-state index is -0.786. The van der Waals surface area contributed by atoms with Crippen LogP contribution in [0.15, 0.2) is 106 Å². The molecule has 0 spiro atoms. The van der Waals surface area contributed by atoms with E-state index in [0.717, 1.165) is 31.2 Å². The molecule has 0 aromatic heterocycles. The first-order valence-corrected chi connectivity index (χ1v) is 21.5. The number of carbonyl (C=O) groups is 2. The van der Waals surface area contributed by atoms with Gasteiger partial charge in [0.2, 0.25) is 23.1 Å². The zero-order valence-corrected chi connectivity index (χ0v) is 39.9.